The third-order valence-corrected chi connectivity index (χ3v) is 9.83. The topological polar surface area (TPSA) is 4.93 Å². The summed E-state index contributed by atoms with van der Waals surface area (Å²) in [6, 6.07) is 49.5. The third kappa shape index (κ3) is 4.14. The van der Waals surface area contributed by atoms with Crippen LogP contribution in [-0.4, -0.2) is 4.57 Å². The van der Waals surface area contributed by atoms with E-state index in [1.54, 1.807) is 0 Å². The number of benzene rings is 6. The van der Waals surface area contributed by atoms with Crippen LogP contribution in [0.15, 0.2) is 133 Å². The van der Waals surface area contributed by atoms with Crippen LogP contribution in [0.2, 0.25) is 0 Å². The largest absolute Gasteiger partial charge is 0.309 e. The Hall–Kier alpha value is -4.88. The molecule has 1 aliphatic rings. The lowest BCUT2D eigenvalue weighted by Gasteiger charge is -2.32. The summed E-state index contributed by atoms with van der Waals surface area (Å²) in [5.74, 6) is 0.879. The average Bonchev–Trinajstić information content (AvgIpc) is 3.39. The Morgan fingerprint density at radius 1 is 0.558 bits per heavy atom. The van der Waals surface area contributed by atoms with Crippen LogP contribution in [0.5, 0.6) is 0 Å². The van der Waals surface area contributed by atoms with Gasteiger partial charge in [-0.3, -0.25) is 0 Å². The van der Waals surface area contributed by atoms with Gasteiger partial charge in [-0.15, -0.1) is 0 Å². The highest BCUT2D eigenvalue weighted by atomic mass is 15.0. The second-order valence-corrected chi connectivity index (χ2v) is 12.3. The van der Waals surface area contributed by atoms with Crippen molar-refractivity contribution in [2.45, 2.75) is 39.0 Å². The number of fused-ring (bicyclic) bond motifs is 6. The number of rotatable bonds is 4. The fourth-order valence-electron chi connectivity index (χ4n) is 7.61. The molecule has 0 bridgehead atoms. The second kappa shape index (κ2) is 10.1. The van der Waals surface area contributed by atoms with E-state index in [0.29, 0.717) is 11.8 Å². The van der Waals surface area contributed by atoms with Gasteiger partial charge in [-0.25, -0.2) is 0 Å². The van der Waals surface area contributed by atoms with Crippen LogP contribution >= 0.6 is 0 Å². The summed E-state index contributed by atoms with van der Waals surface area (Å²) in [6.45, 7) is 6.94. The Kier molecular flexibility index (Phi) is 6.08. The summed E-state index contributed by atoms with van der Waals surface area (Å²) >= 11 is 0. The zero-order valence-electron chi connectivity index (χ0n) is 25.0. The van der Waals surface area contributed by atoms with Crippen LogP contribution in [0.25, 0.3) is 49.7 Å². The molecule has 1 aromatic heterocycles. The zero-order valence-corrected chi connectivity index (χ0v) is 25.0. The molecular weight excluding hydrogens is 518 g/mol. The molecular formula is C42H35N. The van der Waals surface area contributed by atoms with Gasteiger partial charge in [0.25, 0.3) is 0 Å². The SMILES string of the molecule is Cc1cc(C(C)C2Cc3ccccc3-c3ccccc32)ccc1-c1ccc(-n2c3ccccc3c3ccccc32)cc1C. The van der Waals surface area contributed by atoms with Crippen LogP contribution < -0.4 is 0 Å². The summed E-state index contributed by atoms with van der Waals surface area (Å²) in [7, 11) is 0. The van der Waals surface area contributed by atoms with Crippen molar-refractivity contribution in [3.05, 3.63) is 161 Å². The molecule has 0 fully saturated rings. The van der Waals surface area contributed by atoms with Crippen molar-refractivity contribution in [3.8, 4) is 27.9 Å². The number of para-hydroxylation sites is 2. The van der Waals surface area contributed by atoms with Gasteiger partial charge in [-0.05, 0) is 106 Å². The highest BCUT2D eigenvalue weighted by Gasteiger charge is 2.29. The Balaban J connectivity index is 1.15. The molecule has 8 rings (SSSR count). The molecule has 6 aromatic carbocycles. The van der Waals surface area contributed by atoms with Crippen molar-refractivity contribution in [1.29, 1.82) is 0 Å². The maximum Gasteiger partial charge on any atom is 0.0541 e. The number of aryl methyl sites for hydroxylation is 2. The minimum atomic E-state index is 0.418. The van der Waals surface area contributed by atoms with Crippen molar-refractivity contribution in [3.63, 3.8) is 0 Å². The Labute approximate surface area is 254 Å². The predicted molar refractivity (Wildman–Crippen MR) is 182 cm³/mol. The number of hydrogen-bond acceptors (Lipinski definition) is 0. The van der Waals surface area contributed by atoms with Crippen molar-refractivity contribution < 1.29 is 0 Å². The quantitative estimate of drug-likeness (QED) is 0.204. The van der Waals surface area contributed by atoms with Crippen LogP contribution in [0.4, 0.5) is 0 Å². The summed E-state index contributed by atoms with van der Waals surface area (Å²) < 4.78 is 2.40. The molecule has 2 unspecified atom stereocenters. The van der Waals surface area contributed by atoms with Crippen molar-refractivity contribution in [2.75, 3.05) is 0 Å². The van der Waals surface area contributed by atoms with Gasteiger partial charge in [-0.2, -0.15) is 0 Å². The van der Waals surface area contributed by atoms with E-state index in [4.69, 9.17) is 0 Å². The predicted octanol–water partition coefficient (Wildman–Crippen LogP) is 11.2. The van der Waals surface area contributed by atoms with E-state index in [-0.39, 0.29) is 0 Å². The first-order valence-corrected chi connectivity index (χ1v) is 15.5. The van der Waals surface area contributed by atoms with Gasteiger partial charge in [-0.1, -0.05) is 116 Å². The molecule has 0 N–H and O–H groups in total. The van der Waals surface area contributed by atoms with E-state index in [2.05, 4.69) is 159 Å². The van der Waals surface area contributed by atoms with Gasteiger partial charge in [0.1, 0.15) is 0 Å². The van der Waals surface area contributed by atoms with Gasteiger partial charge >= 0.3 is 0 Å². The molecule has 0 saturated carbocycles. The van der Waals surface area contributed by atoms with E-state index >= 15 is 0 Å². The van der Waals surface area contributed by atoms with Crippen molar-refractivity contribution >= 4 is 21.8 Å². The van der Waals surface area contributed by atoms with Crippen LogP contribution in [0, 0.1) is 13.8 Å². The Morgan fingerprint density at radius 3 is 1.84 bits per heavy atom. The lowest BCUT2D eigenvalue weighted by atomic mass is 9.71. The minimum Gasteiger partial charge on any atom is -0.309 e. The molecule has 1 nitrogen and oxygen atoms in total. The molecule has 2 atom stereocenters. The first-order valence-electron chi connectivity index (χ1n) is 15.5. The van der Waals surface area contributed by atoms with E-state index in [1.807, 2.05) is 0 Å². The van der Waals surface area contributed by atoms with Gasteiger partial charge in [0, 0.05) is 16.5 Å². The zero-order chi connectivity index (χ0) is 29.1. The molecule has 1 heteroatoms. The Bertz CT molecular complexity index is 2110. The van der Waals surface area contributed by atoms with Crippen molar-refractivity contribution in [2.24, 2.45) is 0 Å². The molecule has 7 aromatic rings. The molecule has 1 heterocycles. The standard InChI is InChI=1S/C42H35N/c1-27-24-30(29(3)40-26-31-12-4-5-13-35(31)36-14-6-7-15-37(36)40)20-22-33(27)34-23-21-32(25-28(34)2)43-41-18-10-8-16-38(41)39-17-9-11-19-42(39)43/h4-25,29,40H,26H2,1-3H3. The summed E-state index contributed by atoms with van der Waals surface area (Å²) in [5.41, 5.74) is 16.1. The first kappa shape index (κ1) is 25.8. The normalized spacial score (nSPS) is 14.9. The maximum atomic E-state index is 2.43. The minimum absolute atomic E-state index is 0.418. The highest BCUT2D eigenvalue weighted by Crippen LogP contribution is 2.46. The van der Waals surface area contributed by atoms with E-state index < -0.39 is 0 Å². The van der Waals surface area contributed by atoms with E-state index in [0.717, 1.165) is 6.42 Å². The number of hydrogen-bond donors (Lipinski definition) is 0. The van der Waals surface area contributed by atoms with E-state index in [9.17, 15) is 0 Å². The molecule has 0 radical (unpaired) electrons. The molecule has 43 heavy (non-hydrogen) atoms. The lowest BCUT2D eigenvalue weighted by Crippen LogP contribution is -2.17. The van der Waals surface area contributed by atoms with Crippen LogP contribution in [0.1, 0.15) is 46.6 Å². The fraction of sp³-hybridized carbons (Fsp3) is 0.143. The number of nitrogens with zero attached hydrogens (tertiary/aromatic N) is 1. The molecule has 0 spiro atoms. The monoisotopic (exact) mass is 553 g/mol. The lowest BCUT2D eigenvalue weighted by molar-refractivity contribution is 0.568. The molecule has 0 amide bonds. The van der Waals surface area contributed by atoms with Crippen molar-refractivity contribution in [1.82, 2.24) is 4.57 Å². The molecule has 208 valence electrons. The Morgan fingerprint density at radius 2 is 1.14 bits per heavy atom. The van der Waals surface area contributed by atoms with E-state index in [1.165, 1.54) is 77.6 Å². The number of aromatic nitrogens is 1. The molecule has 0 aliphatic heterocycles. The maximum absolute atomic E-state index is 2.43. The van der Waals surface area contributed by atoms with Crippen LogP contribution in [-0.2, 0) is 6.42 Å². The van der Waals surface area contributed by atoms with Gasteiger partial charge < -0.3 is 4.57 Å². The summed E-state index contributed by atoms with van der Waals surface area (Å²) in [6.07, 6.45) is 1.08. The smallest absolute Gasteiger partial charge is 0.0541 e. The van der Waals surface area contributed by atoms with Gasteiger partial charge in [0.15, 0.2) is 0 Å². The summed E-state index contributed by atoms with van der Waals surface area (Å²) in [4.78, 5) is 0. The molecule has 0 saturated heterocycles. The molecule has 1 aliphatic carbocycles. The second-order valence-electron chi connectivity index (χ2n) is 12.3. The van der Waals surface area contributed by atoms with Crippen LogP contribution in [0.3, 0.4) is 0 Å². The van der Waals surface area contributed by atoms with Gasteiger partial charge in [0.2, 0.25) is 0 Å². The van der Waals surface area contributed by atoms with Gasteiger partial charge in [0.05, 0.1) is 11.0 Å². The fourth-order valence-corrected chi connectivity index (χ4v) is 7.61. The average molecular weight is 554 g/mol. The summed E-state index contributed by atoms with van der Waals surface area (Å²) in [5, 5.41) is 2.59. The third-order valence-electron chi connectivity index (χ3n) is 9.83. The highest BCUT2D eigenvalue weighted by molar-refractivity contribution is 6.09. The first-order chi connectivity index (χ1) is 21.1.